The van der Waals surface area contributed by atoms with Crippen molar-refractivity contribution in [1.82, 2.24) is 10.2 Å². The summed E-state index contributed by atoms with van der Waals surface area (Å²) in [6.07, 6.45) is 0.952. The number of amides is 3. The van der Waals surface area contributed by atoms with E-state index in [-0.39, 0.29) is 18.5 Å². The highest BCUT2D eigenvalue weighted by molar-refractivity contribution is 5.96. The highest BCUT2D eigenvalue weighted by Crippen LogP contribution is 2.23. The van der Waals surface area contributed by atoms with Crippen LogP contribution in [0.25, 0.3) is 0 Å². The van der Waals surface area contributed by atoms with Gasteiger partial charge in [-0.2, -0.15) is 0 Å². The highest BCUT2D eigenvalue weighted by atomic mass is 16.2. The average molecular weight is 331 g/mol. The summed E-state index contributed by atoms with van der Waals surface area (Å²) in [5.41, 5.74) is 2.15. The number of carbonyl (C=O) groups is 2. The molecule has 3 amide bonds. The van der Waals surface area contributed by atoms with Gasteiger partial charge in [-0.25, -0.2) is 4.79 Å². The zero-order valence-corrected chi connectivity index (χ0v) is 15.2. The molecule has 132 valence electrons. The maximum absolute atomic E-state index is 12.5. The zero-order valence-electron chi connectivity index (χ0n) is 15.2. The van der Waals surface area contributed by atoms with Gasteiger partial charge in [0.1, 0.15) is 6.54 Å². The van der Waals surface area contributed by atoms with E-state index in [1.54, 1.807) is 9.80 Å². The molecule has 0 unspecified atom stereocenters. The van der Waals surface area contributed by atoms with Crippen LogP contribution in [0.4, 0.5) is 10.5 Å². The van der Waals surface area contributed by atoms with Crippen LogP contribution in [-0.2, 0) is 4.79 Å². The predicted molar refractivity (Wildman–Crippen MR) is 97.3 cm³/mol. The number of carbonyl (C=O) groups excluding carboxylic acids is 2. The summed E-state index contributed by atoms with van der Waals surface area (Å²) in [5, 5.41) is 2.88. The lowest BCUT2D eigenvalue weighted by molar-refractivity contribution is -0.121. The Kier molecular flexibility index (Phi) is 6.23. The Bertz CT molecular complexity index is 566. The minimum absolute atomic E-state index is 0.0824. The molecule has 0 spiro atoms. The Morgan fingerprint density at radius 1 is 1.12 bits per heavy atom. The molecule has 1 aliphatic rings. The van der Waals surface area contributed by atoms with Gasteiger partial charge in [-0.05, 0) is 36.0 Å². The normalized spacial score (nSPS) is 14.8. The van der Waals surface area contributed by atoms with Gasteiger partial charge in [0.25, 0.3) is 0 Å². The monoisotopic (exact) mass is 331 g/mol. The summed E-state index contributed by atoms with van der Waals surface area (Å²) in [7, 11) is 0. The highest BCUT2D eigenvalue weighted by Gasteiger charge is 2.30. The molecule has 0 atom stereocenters. The third-order valence-corrected chi connectivity index (χ3v) is 4.34. The fraction of sp³-hybridized carbons (Fsp3) is 0.579. The van der Waals surface area contributed by atoms with E-state index in [2.05, 4.69) is 45.1 Å². The van der Waals surface area contributed by atoms with Gasteiger partial charge in [0.15, 0.2) is 0 Å². The molecule has 1 saturated heterocycles. The molecule has 2 rings (SSSR count). The SMILES string of the molecule is CC(C)CCNC(=O)CN1CCN(c2ccc(C(C)C)cc2)C1=O. The van der Waals surface area contributed by atoms with E-state index in [1.807, 2.05) is 12.1 Å². The Morgan fingerprint density at radius 2 is 1.79 bits per heavy atom. The number of hydrogen-bond acceptors (Lipinski definition) is 2. The van der Waals surface area contributed by atoms with Crippen LogP contribution in [0.2, 0.25) is 0 Å². The van der Waals surface area contributed by atoms with Crippen molar-refractivity contribution >= 4 is 17.6 Å². The van der Waals surface area contributed by atoms with E-state index in [0.29, 0.717) is 31.5 Å². The minimum atomic E-state index is -0.0914. The number of rotatable bonds is 7. The summed E-state index contributed by atoms with van der Waals surface area (Å²) in [5.74, 6) is 0.948. The number of urea groups is 1. The lowest BCUT2D eigenvalue weighted by atomic mass is 10.0. The number of benzene rings is 1. The quantitative estimate of drug-likeness (QED) is 0.834. The first-order valence-electron chi connectivity index (χ1n) is 8.81. The van der Waals surface area contributed by atoms with Crippen LogP contribution in [0, 0.1) is 5.92 Å². The van der Waals surface area contributed by atoms with Crippen LogP contribution in [0.15, 0.2) is 24.3 Å². The molecule has 0 aromatic heterocycles. The van der Waals surface area contributed by atoms with Crippen molar-refractivity contribution in [3.8, 4) is 0 Å². The van der Waals surface area contributed by atoms with Gasteiger partial charge in [-0.1, -0.05) is 39.8 Å². The van der Waals surface area contributed by atoms with Gasteiger partial charge < -0.3 is 10.2 Å². The molecule has 0 saturated carbocycles. The fourth-order valence-corrected chi connectivity index (χ4v) is 2.74. The topological polar surface area (TPSA) is 52.7 Å². The molecule has 1 aromatic rings. The number of anilines is 1. The van der Waals surface area contributed by atoms with Gasteiger partial charge in [-0.15, -0.1) is 0 Å². The molecule has 24 heavy (non-hydrogen) atoms. The molecule has 0 radical (unpaired) electrons. The molecule has 1 aromatic carbocycles. The molecule has 5 heteroatoms. The smallest absolute Gasteiger partial charge is 0.325 e. The molecule has 0 aliphatic carbocycles. The van der Waals surface area contributed by atoms with E-state index in [0.717, 1.165) is 12.1 Å². The average Bonchev–Trinajstić information content (AvgIpc) is 2.88. The molecule has 1 N–H and O–H groups in total. The fourth-order valence-electron chi connectivity index (χ4n) is 2.74. The second kappa shape index (κ2) is 8.18. The first-order chi connectivity index (χ1) is 11.4. The van der Waals surface area contributed by atoms with Crippen molar-refractivity contribution in [1.29, 1.82) is 0 Å². The summed E-state index contributed by atoms with van der Waals surface area (Å²) < 4.78 is 0. The largest absolute Gasteiger partial charge is 0.355 e. The molecular weight excluding hydrogens is 302 g/mol. The Balaban J connectivity index is 1.89. The molecule has 1 fully saturated rings. The van der Waals surface area contributed by atoms with E-state index < -0.39 is 0 Å². The van der Waals surface area contributed by atoms with Crippen molar-refractivity contribution in [3.63, 3.8) is 0 Å². The van der Waals surface area contributed by atoms with Gasteiger partial charge >= 0.3 is 6.03 Å². The molecule has 1 aliphatic heterocycles. The van der Waals surface area contributed by atoms with Crippen molar-refractivity contribution in [3.05, 3.63) is 29.8 Å². The Hall–Kier alpha value is -2.04. The van der Waals surface area contributed by atoms with Crippen molar-refractivity contribution < 1.29 is 9.59 Å². The second-order valence-electron chi connectivity index (χ2n) is 7.13. The van der Waals surface area contributed by atoms with Crippen molar-refractivity contribution in [2.24, 2.45) is 5.92 Å². The minimum Gasteiger partial charge on any atom is -0.355 e. The molecular formula is C19H29N3O2. The first-order valence-corrected chi connectivity index (χ1v) is 8.81. The maximum Gasteiger partial charge on any atom is 0.325 e. The maximum atomic E-state index is 12.5. The van der Waals surface area contributed by atoms with Crippen molar-refractivity contribution in [2.45, 2.75) is 40.0 Å². The van der Waals surface area contributed by atoms with Crippen LogP contribution < -0.4 is 10.2 Å². The van der Waals surface area contributed by atoms with E-state index >= 15 is 0 Å². The van der Waals surface area contributed by atoms with Gasteiger partial charge in [0.05, 0.1) is 0 Å². The lowest BCUT2D eigenvalue weighted by Gasteiger charge is -2.19. The van der Waals surface area contributed by atoms with E-state index in [4.69, 9.17) is 0 Å². The molecule has 5 nitrogen and oxygen atoms in total. The van der Waals surface area contributed by atoms with Crippen LogP contribution >= 0.6 is 0 Å². The van der Waals surface area contributed by atoms with Crippen molar-refractivity contribution in [2.75, 3.05) is 31.1 Å². The zero-order chi connectivity index (χ0) is 17.7. The van der Waals surface area contributed by atoms with Crippen LogP contribution in [0.5, 0.6) is 0 Å². The number of nitrogens with zero attached hydrogens (tertiary/aromatic N) is 2. The Labute approximate surface area is 145 Å². The van der Waals surface area contributed by atoms with Gasteiger partial charge in [-0.3, -0.25) is 9.69 Å². The first kappa shape index (κ1) is 18.3. The van der Waals surface area contributed by atoms with E-state index in [9.17, 15) is 9.59 Å². The second-order valence-corrected chi connectivity index (χ2v) is 7.13. The molecule has 1 heterocycles. The van der Waals surface area contributed by atoms with E-state index in [1.165, 1.54) is 5.56 Å². The van der Waals surface area contributed by atoms with Gasteiger partial charge in [0, 0.05) is 25.3 Å². The summed E-state index contributed by atoms with van der Waals surface area (Å²) >= 11 is 0. The van der Waals surface area contributed by atoms with Crippen LogP contribution in [0.3, 0.4) is 0 Å². The van der Waals surface area contributed by atoms with Crippen LogP contribution in [0.1, 0.15) is 45.6 Å². The number of hydrogen-bond donors (Lipinski definition) is 1. The number of nitrogens with one attached hydrogen (secondary N) is 1. The summed E-state index contributed by atoms with van der Waals surface area (Å²) in [4.78, 5) is 27.8. The standard InChI is InChI=1S/C19H29N3O2/c1-14(2)9-10-20-18(23)13-21-11-12-22(19(21)24)17-7-5-16(6-8-17)15(3)4/h5-8,14-15H,9-13H2,1-4H3,(H,20,23). The summed E-state index contributed by atoms with van der Waals surface area (Å²) in [6, 6.07) is 8.01. The third-order valence-electron chi connectivity index (χ3n) is 4.34. The third kappa shape index (κ3) is 4.73. The van der Waals surface area contributed by atoms with Gasteiger partial charge in [0.2, 0.25) is 5.91 Å². The lowest BCUT2D eigenvalue weighted by Crippen LogP contribution is -2.40. The molecule has 0 bridgehead atoms. The predicted octanol–water partition coefficient (Wildman–Crippen LogP) is 3.21. The van der Waals surface area contributed by atoms with Crippen LogP contribution in [-0.4, -0.2) is 43.0 Å². The summed E-state index contributed by atoms with van der Waals surface area (Å²) in [6.45, 7) is 10.6. The Morgan fingerprint density at radius 3 is 2.38 bits per heavy atom.